The van der Waals surface area contributed by atoms with Crippen LogP contribution in [-0.4, -0.2) is 22.3 Å². The van der Waals surface area contributed by atoms with Crippen LogP contribution in [0.1, 0.15) is 223 Å². The number of alkyl halides is 3. The third kappa shape index (κ3) is 52.0. The van der Waals surface area contributed by atoms with Crippen molar-refractivity contribution in [2.24, 2.45) is 22.2 Å². The molecule has 7 aromatic rings. The van der Waals surface area contributed by atoms with Crippen molar-refractivity contribution >= 4 is 16.1 Å². The van der Waals surface area contributed by atoms with E-state index in [1.54, 1.807) is 12.1 Å². The predicted octanol–water partition coefficient (Wildman–Crippen LogP) is 29.5. The molecule has 0 radical (unpaired) electrons. The zero-order valence-corrected chi connectivity index (χ0v) is 68.7. The summed E-state index contributed by atoms with van der Waals surface area (Å²) in [5, 5.41) is 0. The minimum absolute atomic E-state index is 0.0246. The Balaban J connectivity index is -0.000000991. The van der Waals surface area contributed by atoms with Crippen LogP contribution in [0.4, 0.5) is 13.2 Å². The van der Waals surface area contributed by atoms with Crippen molar-refractivity contribution < 1.29 is 13.2 Å². The maximum atomic E-state index is 12.6. The van der Waals surface area contributed by atoms with E-state index in [0.717, 1.165) is 23.5 Å². The van der Waals surface area contributed by atoms with Crippen LogP contribution in [0.25, 0.3) is 0 Å². The number of benzene rings is 7. The highest BCUT2D eigenvalue weighted by Crippen LogP contribution is 2.40. The maximum Gasteiger partial charge on any atom is 0.394 e. The number of halogens is 3. The molecule has 0 unspecified atom stereocenters. The molecule has 0 atom stereocenters. The van der Waals surface area contributed by atoms with Gasteiger partial charge in [-0.3, -0.25) is 0 Å². The number of hydrogen-bond acceptors (Lipinski definition) is 0. The molecule has 0 aliphatic heterocycles. The summed E-state index contributed by atoms with van der Waals surface area (Å²) in [6, 6.07) is 65.3. The molecule has 0 fully saturated rings. The van der Waals surface area contributed by atoms with E-state index >= 15 is 0 Å². The van der Waals surface area contributed by atoms with Crippen LogP contribution in [0.3, 0.4) is 0 Å². The zero-order chi connectivity index (χ0) is 73.3. The second-order valence-corrected chi connectivity index (χ2v) is 44.3. The number of hydrogen-bond donors (Lipinski definition) is 0. The predicted molar refractivity (Wildman–Crippen MR) is 428 cm³/mol. The molecular formula is C89H143F3Si2. The van der Waals surface area contributed by atoms with E-state index in [4.69, 9.17) is 0 Å². The van der Waals surface area contributed by atoms with Gasteiger partial charge in [-0.25, -0.2) is 0 Å². The van der Waals surface area contributed by atoms with Crippen molar-refractivity contribution in [2.75, 3.05) is 0 Å². The Labute approximate surface area is 583 Å². The van der Waals surface area contributed by atoms with E-state index in [1.165, 1.54) is 112 Å². The summed E-state index contributed by atoms with van der Waals surface area (Å²) in [5.74, 6) is 1.42. The van der Waals surface area contributed by atoms with Crippen molar-refractivity contribution in [3.05, 3.63) is 248 Å². The summed E-state index contributed by atoms with van der Waals surface area (Å²) in [6.07, 6.45) is 0.815. The SMILES string of the molecule is CCC(C)(C)CC.CC[Si](C)(CC)CC.C[Si](C)(C)C.Cc1ccc(C(C)(C)C)cc1.Cc1ccc(C(C)C)cc1.Cc1ccc(C)cc1.Cc1ccc(CC(C)(C)C(F)(F)F)cc1.Cc1ccc(CC(C)(C)C)cc1.Cc1ccc(CC(C)C)cc1.Cc1ccccc1. The fourth-order valence-corrected chi connectivity index (χ4v) is 9.51. The highest BCUT2D eigenvalue weighted by molar-refractivity contribution is 6.78. The Kier molecular flexibility index (Phi) is 46.3. The van der Waals surface area contributed by atoms with Crippen LogP contribution < -0.4 is 0 Å². The lowest BCUT2D eigenvalue weighted by atomic mass is 9.85. The minimum Gasteiger partial charge on any atom is -0.171 e. The standard InChI is InChI=1S/C12H15F3.C12H18.2C11H16.C10H14.C8H10.C7H18Si.C7H8.C7H16.C4H12Si/c1-9-4-6-10(7-5-9)8-11(2,3)12(13,14)15;1-10-5-7-11(8-6-10)9-12(2,3)4;1-9-5-7-10(8-6-9)11(2,3)4;1-9(2)8-11-6-4-10(3)5-7-11;1-8(2)10-6-4-9(3)5-7-10;1-7-3-5-8(2)6-4-7;1-5-8(4,6-2)7-3;1-7-5-3-2-4-6-7;1-5-7(3,4)6-2;1-5(2,3)4/h4-7H,8H2,1-3H3;5-8H,9H2,1-4H3;5-8H,1-4H3;4-7,9H,8H2,1-3H3;4-8H,1-3H3;3-6H,1-2H3;5-7H2,1-4H3;2-6H,1H3;5-6H2,1-4H3;1-4H3. The van der Waals surface area contributed by atoms with Crippen LogP contribution in [0, 0.1) is 77.6 Å². The summed E-state index contributed by atoms with van der Waals surface area (Å²) < 4.78 is 37.8. The first-order valence-electron chi connectivity index (χ1n) is 35.5. The Morgan fingerprint density at radius 1 is 0.351 bits per heavy atom. The average molecular weight is 1330 g/mol. The third-order valence-electron chi connectivity index (χ3n) is 16.4. The topological polar surface area (TPSA) is 0 Å². The Bertz CT molecular complexity index is 2860. The lowest BCUT2D eigenvalue weighted by Gasteiger charge is -2.27. The number of rotatable bonds is 11. The highest BCUT2D eigenvalue weighted by Gasteiger charge is 2.47. The monoisotopic (exact) mass is 1330 g/mol. The Morgan fingerprint density at radius 3 is 0.830 bits per heavy atom. The van der Waals surface area contributed by atoms with Gasteiger partial charge in [0.05, 0.1) is 5.41 Å². The van der Waals surface area contributed by atoms with E-state index in [1.807, 2.05) is 37.3 Å². The number of aryl methyl sites for hydroxylation is 8. The molecule has 528 valence electrons. The third-order valence-corrected chi connectivity index (χ3v) is 21.6. The molecule has 0 aliphatic carbocycles. The van der Waals surface area contributed by atoms with Gasteiger partial charge in [-0.2, -0.15) is 13.2 Å². The summed E-state index contributed by atoms with van der Waals surface area (Å²) in [7, 11) is -1.28. The van der Waals surface area contributed by atoms with Gasteiger partial charge in [0.1, 0.15) is 0 Å². The van der Waals surface area contributed by atoms with Crippen LogP contribution in [-0.2, 0) is 24.7 Å². The molecule has 0 N–H and O–H groups in total. The van der Waals surface area contributed by atoms with E-state index < -0.39 is 27.7 Å². The smallest absolute Gasteiger partial charge is 0.171 e. The molecule has 0 aromatic heterocycles. The van der Waals surface area contributed by atoms with Crippen molar-refractivity contribution in [3.8, 4) is 0 Å². The van der Waals surface area contributed by atoms with Crippen molar-refractivity contribution in [1.82, 2.24) is 0 Å². The normalized spacial score (nSPS) is 11.2. The quantitative estimate of drug-likeness (QED) is 0.113. The molecule has 0 nitrogen and oxygen atoms in total. The Hall–Kier alpha value is -5.24. The average Bonchev–Trinajstić information content (AvgIpc) is 0.912. The van der Waals surface area contributed by atoms with Crippen LogP contribution in [0.5, 0.6) is 0 Å². The lowest BCUT2D eigenvalue weighted by molar-refractivity contribution is -0.211. The first-order chi connectivity index (χ1) is 43.1. The molecule has 0 saturated heterocycles. The van der Waals surface area contributed by atoms with Crippen LogP contribution >= 0.6 is 0 Å². The summed E-state index contributed by atoms with van der Waals surface area (Å²) >= 11 is 0. The van der Waals surface area contributed by atoms with Gasteiger partial charge >= 0.3 is 6.18 Å². The Morgan fingerprint density at radius 2 is 0.617 bits per heavy atom. The van der Waals surface area contributed by atoms with Gasteiger partial charge < -0.3 is 0 Å². The maximum absolute atomic E-state index is 12.6. The second kappa shape index (κ2) is 46.8. The second-order valence-electron chi connectivity index (χ2n) is 32.6. The first-order valence-corrected chi connectivity index (χ1v) is 42.6. The largest absolute Gasteiger partial charge is 0.394 e. The molecular weight excluding hydrogens is 1180 g/mol. The fraction of sp³-hybridized carbons (Fsp3) is 0.528. The van der Waals surface area contributed by atoms with E-state index in [0.29, 0.717) is 16.7 Å². The van der Waals surface area contributed by atoms with E-state index in [2.05, 4.69) is 332 Å². The fourth-order valence-electron chi connectivity index (χ4n) is 8.01. The van der Waals surface area contributed by atoms with Crippen LogP contribution in [0.2, 0.25) is 50.9 Å². The molecule has 5 heteroatoms. The molecule has 7 rings (SSSR count). The van der Waals surface area contributed by atoms with Crippen LogP contribution in [0.15, 0.2) is 176 Å². The van der Waals surface area contributed by atoms with E-state index in [-0.39, 0.29) is 11.8 Å². The molecule has 94 heavy (non-hydrogen) atoms. The first kappa shape index (κ1) is 93.0. The molecule has 0 bridgehead atoms. The van der Waals surface area contributed by atoms with E-state index in [9.17, 15) is 13.2 Å². The molecule has 0 spiro atoms. The molecule has 0 amide bonds. The van der Waals surface area contributed by atoms with Gasteiger partial charge in [-0.1, -0.05) is 416 Å². The molecule has 0 saturated carbocycles. The summed E-state index contributed by atoms with van der Waals surface area (Å²) in [4.78, 5) is 0. The summed E-state index contributed by atoms with van der Waals surface area (Å²) in [6.45, 7) is 69.4. The summed E-state index contributed by atoms with van der Waals surface area (Å²) in [5.41, 5.74) is 16.4. The molecule has 0 heterocycles. The molecule has 0 aliphatic rings. The van der Waals surface area contributed by atoms with Crippen molar-refractivity contribution in [3.63, 3.8) is 0 Å². The van der Waals surface area contributed by atoms with Gasteiger partial charge in [-0.05, 0) is 131 Å². The zero-order valence-electron chi connectivity index (χ0n) is 66.7. The molecule has 7 aromatic carbocycles. The van der Waals surface area contributed by atoms with Crippen molar-refractivity contribution in [2.45, 2.75) is 287 Å². The van der Waals surface area contributed by atoms with Gasteiger partial charge in [0, 0.05) is 16.1 Å². The lowest BCUT2D eigenvalue weighted by Crippen LogP contribution is -2.34. The minimum atomic E-state index is -4.15. The van der Waals surface area contributed by atoms with Gasteiger partial charge in [0.2, 0.25) is 0 Å². The van der Waals surface area contributed by atoms with Crippen molar-refractivity contribution in [1.29, 1.82) is 0 Å². The van der Waals surface area contributed by atoms with Gasteiger partial charge in [-0.15, -0.1) is 0 Å². The van der Waals surface area contributed by atoms with Gasteiger partial charge in [0.15, 0.2) is 0 Å². The van der Waals surface area contributed by atoms with Gasteiger partial charge in [0.25, 0.3) is 0 Å². The highest BCUT2D eigenvalue weighted by atomic mass is 28.3.